The minimum absolute atomic E-state index is 0.0681. The van der Waals surface area contributed by atoms with Crippen LogP contribution >= 0.6 is 0 Å². The molecule has 1 fully saturated rings. The molecule has 8 heteroatoms. The van der Waals surface area contributed by atoms with E-state index < -0.39 is 10.0 Å². The van der Waals surface area contributed by atoms with Gasteiger partial charge in [-0.1, -0.05) is 12.1 Å². The Bertz CT molecular complexity index is 958. The lowest BCUT2D eigenvalue weighted by molar-refractivity contribution is 0.246. The van der Waals surface area contributed by atoms with Gasteiger partial charge >= 0.3 is 0 Å². The number of sulfonamides is 1. The fraction of sp³-hybridized carbons (Fsp3) is 0.478. The number of nitrogens with zero attached hydrogens (tertiary/aromatic N) is 1. The number of rotatable bonds is 11. The lowest BCUT2D eigenvalue weighted by Gasteiger charge is -2.28. The van der Waals surface area contributed by atoms with Gasteiger partial charge in [0.15, 0.2) is 11.5 Å². The number of likely N-dealkylation sites (tertiary alicyclic amines) is 1. The van der Waals surface area contributed by atoms with Crippen LogP contribution in [0.4, 0.5) is 0 Å². The standard InChI is InChI=1S/C23H32N2O5S/c1-4-29-22-12-11-20(16-23(22)30-5-2)31(26,27)24-17-21(25-13-6-7-14-25)18-9-8-10-19(15-18)28-3/h8-12,15-16,21,24H,4-7,13-14,17H2,1-3H3. The predicted octanol–water partition coefficient (Wildman–Crippen LogP) is 3.61. The normalized spacial score (nSPS) is 15.6. The van der Waals surface area contributed by atoms with E-state index in [-0.39, 0.29) is 17.5 Å². The van der Waals surface area contributed by atoms with E-state index in [0.717, 1.165) is 37.2 Å². The quantitative estimate of drug-likeness (QED) is 0.566. The largest absolute Gasteiger partial charge is 0.497 e. The molecule has 1 N–H and O–H groups in total. The predicted molar refractivity (Wildman–Crippen MR) is 121 cm³/mol. The highest BCUT2D eigenvalue weighted by atomic mass is 32.2. The van der Waals surface area contributed by atoms with Gasteiger partial charge in [-0.3, -0.25) is 4.90 Å². The van der Waals surface area contributed by atoms with Crippen molar-refractivity contribution in [2.45, 2.75) is 37.6 Å². The molecular formula is C23H32N2O5S. The van der Waals surface area contributed by atoms with Gasteiger partial charge in [-0.05, 0) is 69.6 Å². The molecule has 170 valence electrons. The summed E-state index contributed by atoms with van der Waals surface area (Å²) in [4.78, 5) is 2.48. The van der Waals surface area contributed by atoms with Gasteiger partial charge in [-0.15, -0.1) is 0 Å². The van der Waals surface area contributed by atoms with Crippen molar-refractivity contribution in [1.29, 1.82) is 0 Å². The summed E-state index contributed by atoms with van der Waals surface area (Å²) in [6.07, 6.45) is 2.23. The highest BCUT2D eigenvalue weighted by molar-refractivity contribution is 7.89. The van der Waals surface area contributed by atoms with Crippen LogP contribution in [0.3, 0.4) is 0 Å². The maximum absolute atomic E-state index is 13.1. The first-order chi connectivity index (χ1) is 15.0. The van der Waals surface area contributed by atoms with Crippen LogP contribution in [0.25, 0.3) is 0 Å². The molecule has 1 aliphatic heterocycles. The van der Waals surface area contributed by atoms with Gasteiger partial charge in [-0.25, -0.2) is 13.1 Å². The van der Waals surface area contributed by atoms with Crippen LogP contribution in [0.2, 0.25) is 0 Å². The number of methoxy groups -OCH3 is 1. The minimum atomic E-state index is -3.72. The highest BCUT2D eigenvalue weighted by Crippen LogP contribution is 2.31. The van der Waals surface area contributed by atoms with E-state index in [1.807, 2.05) is 38.1 Å². The average molecular weight is 449 g/mol. The molecule has 0 saturated carbocycles. The second-order valence-corrected chi connectivity index (χ2v) is 9.13. The third-order valence-corrected chi connectivity index (χ3v) is 6.77. The zero-order chi connectivity index (χ0) is 22.3. The van der Waals surface area contributed by atoms with Crippen molar-refractivity contribution in [3.8, 4) is 17.2 Å². The summed E-state index contributed by atoms with van der Waals surface area (Å²) in [5.74, 6) is 1.73. The second-order valence-electron chi connectivity index (χ2n) is 7.36. The Balaban J connectivity index is 1.82. The number of hydrogen-bond acceptors (Lipinski definition) is 6. The summed E-state index contributed by atoms with van der Waals surface area (Å²) in [5.41, 5.74) is 1.03. The zero-order valence-electron chi connectivity index (χ0n) is 18.5. The smallest absolute Gasteiger partial charge is 0.240 e. The molecule has 31 heavy (non-hydrogen) atoms. The fourth-order valence-corrected chi connectivity index (χ4v) is 4.88. The van der Waals surface area contributed by atoms with E-state index in [0.29, 0.717) is 24.7 Å². The Labute approximate surface area is 185 Å². The van der Waals surface area contributed by atoms with Gasteiger partial charge in [-0.2, -0.15) is 0 Å². The van der Waals surface area contributed by atoms with E-state index in [9.17, 15) is 8.42 Å². The van der Waals surface area contributed by atoms with Gasteiger partial charge in [0, 0.05) is 18.7 Å². The Morgan fingerprint density at radius 2 is 1.71 bits per heavy atom. The first-order valence-electron chi connectivity index (χ1n) is 10.8. The third kappa shape index (κ3) is 5.90. The van der Waals surface area contributed by atoms with E-state index in [2.05, 4.69) is 9.62 Å². The molecule has 1 aliphatic rings. The molecule has 1 unspecified atom stereocenters. The highest BCUT2D eigenvalue weighted by Gasteiger charge is 2.26. The lowest BCUT2D eigenvalue weighted by atomic mass is 10.1. The molecular weight excluding hydrogens is 416 g/mol. The SMILES string of the molecule is CCOc1ccc(S(=O)(=O)NCC(c2cccc(OC)c2)N2CCCC2)cc1OCC. The van der Waals surface area contributed by atoms with Gasteiger partial charge in [0.25, 0.3) is 0 Å². The summed E-state index contributed by atoms with van der Waals surface area (Å²) in [6.45, 7) is 6.78. The number of benzene rings is 2. The Morgan fingerprint density at radius 1 is 1.00 bits per heavy atom. The van der Waals surface area contributed by atoms with Crippen LogP contribution < -0.4 is 18.9 Å². The molecule has 1 heterocycles. The van der Waals surface area contributed by atoms with Crippen molar-refractivity contribution in [1.82, 2.24) is 9.62 Å². The number of hydrogen-bond donors (Lipinski definition) is 1. The van der Waals surface area contributed by atoms with Crippen molar-refractivity contribution in [3.05, 3.63) is 48.0 Å². The van der Waals surface area contributed by atoms with Crippen LogP contribution in [0.1, 0.15) is 38.3 Å². The second kappa shape index (κ2) is 10.8. The molecule has 0 aromatic heterocycles. The molecule has 0 aliphatic carbocycles. The molecule has 0 amide bonds. The number of nitrogens with one attached hydrogen (secondary N) is 1. The maximum atomic E-state index is 13.1. The summed E-state index contributed by atoms with van der Waals surface area (Å²) in [7, 11) is -2.09. The van der Waals surface area contributed by atoms with Crippen molar-refractivity contribution in [2.24, 2.45) is 0 Å². The summed E-state index contributed by atoms with van der Waals surface area (Å²) < 4.78 is 45.5. The van der Waals surface area contributed by atoms with Crippen molar-refractivity contribution in [2.75, 3.05) is 40.0 Å². The molecule has 0 radical (unpaired) electrons. The molecule has 3 rings (SSSR count). The molecule has 2 aromatic carbocycles. The summed E-state index contributed by atoms with van der Waals surface area (Å²) >= 11 is 0. The third-order valence-electron chi connectivity index (χ3n) is 5.35. The van der Waals surface area contributed by atoms with Crippen LogP contribution in [0.5, 0.6) is 17.2 Å². The molecule has 2 aromatic rings. The van der Waals surface area contributed by atoms with E-state index >= 15 is 0 Å². The Hall–Kier alpha value is -2.29. The maximum Gasteiger partial charge on any atom is 0.240 e. The van der Waals surface area contributed by atoms with Crippen molar-refractivity contribution in [3.63, 3.8) is 0 Å². The topological polar surface area (TPSA) is 77.1 Å². The van der Waals surface area contributed by atoms with Crippen LogP contribution in [0, 0.1) is 0 Å². The van der Waals surface area contributed by atoms with Gasteiger partial charge in [0.2, 0.25) is 10.0 Å². The Kier molecular flexibility index (Phi) is 8.17. The van der Waals surface area contributed by atoms with E-state index in [1.54, 1.807) is 19.2 Å². The van der Waals surface area contributed by atoms with Crippen LogP contribution in [-0.2, 0) is 10.0 Å². The zero-order valence-corrected chi connectivity index (χ0v) is 19.3. The van der Waals surface area contributed by atoms with E-state index in [4.69, 9.17) is 14.2 Å². The first kappa shape index (κ1) is 23.4. The number of ether oxygens (including phenoxy) is 3. The van der Waals surface area contributed by atoms with E-state index in [1.165, 1.54) is 6.07 Å². The molecule has 0 bridgehead atoms. The van der Waals surface area contributed by atoms with Crippen molar-refractivity contribution < 1.29 is 22.6 Å². The first-order valence-corrected chi connectivity index (χ1v) is 12.2. The molecule has 1 saturated heterocycles. The van der Waals surface area contributed by atoms with Gasteiger partial charge in [0.05, 0.1) is 25.2 Å². The summed E-state index contributed by atoms with van der Waals surface area (Å²) in [6, 6.07) is 12.5. The Morgan fingerprint density at radius 3 is 2.39 bits per heavy atom. The van der Waals surface area contributed by atoms with Crippen molar-refractivity contribution >= 4 is 10.0 Å². The molecule has 1 atom stereocenters. The average Bonchev–Trinajstić information content (AvgIpc) is 3.30. The minimum Gasteiger partial charge on any atom is -0.497 e. The van der Waals surface area contributed by atoms with Crippen LogP contribution in [0.15, 0.2) is 47.4 Å². The summed E-state index contributed by atoms with van der Waals surface area (Å²) in [5, 5.41) is 0. The molecule has 0 spiro atoms. The van der Waals surface area contributed by atoms with Gasteiger partial charge in [0.1, 0.15) is 5.75 Å². The monoisotopic (exact) mass is 448 g/mol. The lowest BCUT2D eigenvalue weighted by Crippen LogP contribution is -2.36. The molecule has 7 nitrogen and oxygen atoms in total. The van der Waals surface area contributed by atoms with Gasteiger partial charge < -0.3 is 14.2 Å². The fourth-order valence-electron chi connectivity index (χ4n) is 3.83. The van der Waals surface area contributed by atoms with Crippen LogP contribution in [-0.4, -0.2) is 53.3 Å².